The maximum atomic E-state index is 12.9. The summed E-state index contributed by atoms with van der Waals surface area (Å²) in [6.45, 7) is 3.86. The average Bonchev–Trinajstić information content (AvgIpc) is 3.32. The molecule has 11 heteroatoms. The second-order valence-electron chi connectivity index (χ2n) is 6.69. The molecular formula is C19H17F3N6OS. The molecule has 0 saturated heterocycles. The van der Waals surface area contributed by atoms with Crippen molar-refractivity contribution in [2.24, 2.45) is 0 Å². The third-order valence-electron chi connectivity index (χ3n) is 4.28. The first-order valence-corrected chi connectivity index (χ1v) is 10.1. The van der Waals surface area contributed by atoms with Gasteiger partial charge in [0, 0.05) is 29.1 Å². The molecule has 4 aromatic rings. The van der Waals surface area contributed by atoms with Gasteiger partial charge in [0.2, 0.25) is 16.9 Å². The van der Waals surface area contributed by atoms with Crippen LogP contribution in [-0.2, 0) is 12.6 Å². The molecule has 0 fully saturated rings. The maximum Gasteiger partial charge on any atom is 0.416 e. The van der Waals surface area contributed by atoms with E-state index in [9.17, 15) is 13.2 Å². The molecule has 3 aromatic heterocycles. The molecule has 156 valence electrons. The van der Waals surface area contributed by atoms with Crippen LogP contribution in [0.5, 0.6) is 0 Å². The second-order valence-corrected chi connectivity index (χ2v) is 7.75. The molecule has 7 nitrogen and oxygen atoms in total. The average molecular weight is 434 g/mol. The molecule has 0 N–H and O–H groups in total. The van der Waals surface area contributed by atoms with Gasteiger partial charge in [-0.3, -0.25) is 0 Å². The summed E-state index contributed by atoms with van der Waals surface area (Å²) >= 11 is 1.49. The van der Waals surface area contributed by atoms with Gasteiger partial charge >= 0.3 is 6.18 Å². The molecule has 0 saturated carbocycles. The lowest BCUT2D eigenvalue weighted by atomic mass is 10.1. The molecule has 0 bridgehead atoms. The smallest absolute Gasteiger partial charge is 0.339 e. The van der Waals surface area contributed by atoms with E-state index < -0.39 is 11.7 Å². The Morgan fingerprint density at radius 3 is 2.73 bits per heavy atom. The molecule has 3 heterocycles. The number of alkyl halides is 3. The van der Waals surface area contributed by atoms with Crippen LogP contribution in [0.15, 0.2) is 40.0 Å². The van der Waals surface area contributed by atoms with Crippen LogP contribution in [0.3, 0.4) is 0 Å². The molecule has 0 amide bonds. The maximum absolute atomic E-state index is 12.9. The number of benzene rings is 1. The van der Waals surface area contributed by atoms with Gasteiger partial charge in [0.05, 0.1) is 5.56 Å². The summed E-state index contributed by atoms with van der Waals surface area (Å²) in [6, 6.07) is 6.80. The SMILES string of the molecule is Cc1cc(C)n2nc(SCCCc3nc(-c4cccc(C(F)(F)F)c4)no3)nc2n1. The van der Waals surface area contributed by atoms with E-state index in [4.69, 9.17) is 4.52 Å². The standard InChI is InChI=1S/C19H17F3N6OS/c1-11-9-12(2)28-17(23-11)25-18(26-28)30-8-4-7-15-24-16(27-29-15)13-5-3-6-14(10-13)19(20,21)22/h3,5-6,9-10H,4,7-8H2,1-2H3. The van der Waals surface area contributed by atoms with Crippen molar-refractivity contribution < 1.29 is 17.7 Å². The fourth-order valence-corrected chi connectivity index (χ4v) is 3.66. The highest BCUT2D eigenvalue weighted by atomic mass is 32.2. The van der Waals surface area contributed by atoms with E-state index in [2.05, 4.69) is 25.2 Å². The lowest BCUT2D eigenvalue weighted by molar-refractivity contribution is -0.137. The summed E-state index contributed by atoms with van der Waals surface area (Å²) in [5.41, 5.74) is 1.37. The van der Waals surface area contributed by atoms with Crippen LogP contribution < -0.4 is 0 Å². The summed E-state index contributed by atoms with van der Waals surface area (Å²) in [6.07, 6.45) is -3.20. The van der Waals surface area contributed by atoms with Crippen LogP contribution in [0.4, 0.5) is 13.2 Å². The molecule has 4 rings (SSSR count). The first kappa shape index (κ1) is 20.3. The zero-order chi connectivity index (χ0) is 21.3. The first-order chi connectivity index (χ1) is 14.3. The van der Waals surface area contributed by atoms with E-state index >= 15 is 0 Å². The fourth-order valence-electron chi connectivity index (χ4n) is 2.90. The zero-order valence-electron chi connectivity index (χ0n) is 16.1. The first-order valence-electron chi connectivity index (χ1n) is 9.13. The molecule has 0 aliphatic heterocycles. The van der Waals surface area contributed by atoms with Gasteiger partial charge in [0.1, 0.15) is 0 Å². The Hall–Kier alpha value is -2.95. The summed E-state index contributed by atoms with van der Waals surface area (Å²) in [5.74, 6) is 1.80. The van der Waals surface area contributed by atoms with Crippen molar-refractivity contribution in [2.75, 3.05) is 5.75 Å². The van der Waals surface area contributed by atoms with Crippen LogP contribution in [0.2, 0.25) is 0 Å². The van der Waals surface area contributed by atoms with Crippen molar-refractivity contribution in [3.63, 3.8) is 0 Å². The van der Waals surface area contributed by atoms with Crippen LogP contribution in [-0.4, -0.2) is 35.5 Å². The second kappa shape index (κ2) is 8.05. The monoisotopic (exact) mass is 434 g/mol. The predicted molar refractivity (Wildman–Crippen MR) is 104 cm³/mol. The van der Waals surface area contributed by atoms with Gasteiger partial charge in [-0.15, -0.1) is 5.10 Å². The van der Waals surface area contributed by atoms with E-state index in [1.807, 2.05) is 19.9 Å². The Morgan fingerprint density at radius 2 is 1.93 bits per heavy atom. The van der Waals surface area contributed by atoms with Crippen LogP contribution in [0.1, 0.15) is 29.3 Å². The number of rotatable bonds is 6. The van der Waals surface area contributed by atoms with Crippen LogP contribution in [0, 0.1) is 13.8 Å². The van der Waals surface area contributed by atoms with E-state index in [0.29, 0.717) is 23.2 Å². The van der Waals surface area contributed by atoms with E-state index in [1.165, 1.54) is 23.9 Å². The Morgan fingerprint density at radius 1 is 1.10 bits per heavy atom. The summed E-state index contributed by atoms with van der Waals surface area (Å²) < 4.78 is 45.5. The Balaban J connectivity index is 1.35. The van der Waals surface area contributed by atoms with Gasteiger partial charge in [-0.25, -0.2) is 9.50 Å². The Labute approximate surface area is 173 Å². The minimum absolute atomic E-state index is 0.141. The molecule has 0 aliphatic carbocycles. The van der Waals surface area contributed by atoms with Crippen molar-refractivity contribution in [1.29, 1.82) is 0 Å². The molecule has 1 aromatic carbocycles. The van der Waals surface area contributed by atoms with Gasteiger partial charge in [-0.05, 0) is 38.5 Å². The van der Waals surface area contributed by atoms with E-state index in [1.54, 1.807) is 4.52 Å². The van der Waals surface area contributed by atoms with Crippen LogP contribution >= 0.6 is 11.8 Å². The number of nitrogens with zero attached hydrogens (tertiary/aromatic N) is 6. The number of fused-ring (bicyclic) bond motifs is 1. The minimum Gasteiger partial charge on any atom is -0.339 e. The third-order valence-corrected chi connectivity index (χ3v) is 5.21. The Kier molecular flexibility index (Phi) is 5.46. The van der Waals surface area contributed by atoms with Gasteiger partial charge < -0.3 is 4.52 Å². The van der Waals surface area contributed by atoms with E-state index in [0.717, 1.165) is 35.7 Å². The number of hydrogen-bond acceptors (Lipinski definition) is 7. The third kappa shape index (κ3) is 4.45. The minimum atomic E-state index is -4.42. The van der Waals surface area contributed by atoms with Gasteiger partial charge in [-0.1, -0.05) is 29.1 Å². The fraction of sp³-hybridized carbons (Fsp3) is 0.316. The van der Waals surface area contributed by atoms with Crippen molar-refractivity contribution in [2.45, 2.75) is 38.0 Å². The normalized spacial score (nSPS) is 12.0. The number of hydrogen-bond donors (Lipinski definition) is 0. The van der Waals surface area contributed by atoms with Crippen molar-refractivity contribution in [3.05, 3.63) is 53.2 Å². The van der Waals surface area contributed by atoms with Crippen molar-refractivity contribution >= 4 is 17.5 Å². The molecule has 0 atom stereocenters. The zero-order valence-corrected chi connectivity index (χ0v) is 17.0. The largest absolute Gasteiger partial charge is 0.416 e. The molecule has 0 unspecified atom stereocenters. The summed E-state index contributed by atoms with van der Waals surface area (Å²) in [4.78, 5) is 13.0. The quantitative estimate of drug-likeness (QED) is 0.326. The number of thioether (sulfide) groups is 1. The molecule has 30 heavy (non-hydrogen) atoms. The Bertz CT molecular complexity index is 1190. The van der Waals surface area contributed by atoms with Gasteiger partial charge in [0.15, 0.2) is 0 Å². The highest BCUT2D eigenvalue weighted by molar-refractivity contribution is 7.99. The highest BCUT2D eigenvalue weighted by Crippen LogP contribution is 2.31. The number of aryl methyl sites for hydroxylation is 3. The molecule has 0 aliphatic rings. The van der Waals surface area contributed by atoms with E-state index in [-0.39, 0.29) is 11.4 Å². The van der Waals surface area contributed by atoms with Gasteiger partial charge in [-0.2, -0.15) is 23.1 Å². The molecule has 0 spiro atoms. The van der Waals surface area contributed by atoms with Crippen molar-refractivity contribution in [1.82, 2.24) is 29.7 Å². The molecule has 0 radical (unpaired) electrons. The summed E-state index contributed by atoms with van der Waals surface area (Å²) in [5, 5.41) is 8.86. The van der Waals surface area contributed by atoms with Gasteiger partial charge in [0.25, 0.3) is 5.78 Å². The lowest BCUT2D eigenvalue weighted by Gasteiger charge is -2.06. The van der Waals surface area contributed by atoms with Crippen LogP contribution in [0.25, 0.3) is 17.2 Å². The number of halogens is 3. The topological polar surface area (TPSA) is 82.0 Å². The van der Waals surface area contributed by atoms with Crippen molar-refractivity contribution in [3.8, 4) is 11.4 Å². The molecular weight excluding hydrogens is 417 g/mol. The highest BCUT2D eigenvalue weighted by Gasteiger charge is 2.30. The summed E-state index contributed by atoms with van der Waals surface area (Å²) in [7, 11) is 0. The predicted octanol–water partition coefficient (Wildman–Crippen LogP) is 4.53. The number of aromatic nitrogens is 6. The lowest BCUT2D eigenvalue weighted by Crippen LogP contribution is -2.04.